The van der Waals surface area contributed by atoms with Crippen LogP contribution in [0.25, 0.3) is 0 Å². The Labute approximate surface area is 100 Å². The molecule has 0 aliphatic heterocycles. The third-order valence-electron chi connectivity index (χ3n) is 3.10. The van der Waals surface area contributed by atoms with Crippen molar-refractivity contribution >= 4 is 17.6 Å². The summed E-state index contributed by atoms with van der Waals surface area (Å²) in [6.45, 7) is 5.94. The molecule has 0 saturated heterocycles. The van der Waals surface area contributed by atoms with Crippen LogP contribution in [0.1, 0.15) is 60.4 Å². The van der Waals surface area contributed by atoms with Gasteiger partial charge in [-0.2, -0.15) is 0 Å². The lowest BCUT2D eigenvalue weighted by molar-refractivity contribution is 0.0696. The lowest BCUT2D eigenvalue weighted by Crippen LogP contribution is -2.05. The van der Waals surface area contributed by atoms with Crippen LogP contribution < -0.4 is 0 Å². The van der Waals surface area contributed by atoms with E-state index in [1.54, 1.807) is 0 Å². The normalized spacial score (nSPS) is 15.8. The van der Waals surface area contributed by atoms with Crippen LogP contribution >= 0.6 is 11.6 Å². The lowest BCUT2D eigenvalue weighted by Gasteiger charge is -2.13. The summed E-state index contributed by atoms with van der Waals surface area (Å²) in [5.41, 5.74) is 2.04. The van der Waals surface area contributed by atoms with Crippen molar-refractivity contribution in [2.24, 2.45) is 0 Å². The van der Waals surface area contributed by atoms with Gasteiger partial charge in [0.25, 0.3) is 0 Å². The van der Waals surface area contributed by atoms with Gasteiger partial charge in [0.05, 0.1) is 10.6 Å². The number of halogens is 1. The van der Waals surface area contributed by atoms with Gasteiger partial charge in [0.1, 0.15) is 0 Å². The fraction of sp³-hybridized carbons (Fsp3) is 0.583. The molecule has 0 atom stereocenters. The highest BCUT2D eigenvalue weighted by Gasteiger charge is 2.33. The zero-order chi connectivity index (χ0) is 12.0. The molecule has 1 N–H and O–H groups in total. The predicted molar refractivity (Wildman–Crippen MR) is 63.5 cm³/mol. The zero-order valence-corrected chi connectivity index (χ0v) is 10.5. The van der Waals surface area contributed by atoms with Gasteiger partial charge in [-0.05, 0) is 25.7 Å². The minimum atomic E-state index is -0.927. The minimum Gasteiger partial charge on any atom is -0.478 e. The number of nitrogens with zero attached hydrogens (tertiary/aromatic N) is 1. The lowest BCUT2D eigenvalue weighted by atomic mass is 10.1. The second-order valence-electron chi connectivity index (χ2n) is 4.72. The third kappa shape index (κ3) is 1.63. The molecule has 0 radical (unpaired) electrons. The van der Waals surface area contributed by atoms with E-state index in [4.69, 9.17) is 11.6 Å². The molecule has 1 fully saturated rings. The second-order valence-corrected chi connectivity index (χ2v) is 5.10. The molecule has 0 spiro atoms. The van der Waals surface area contributed by atoms with Crippen molar-refractivity contribution in [3.63, 3.8) is 0 Å². The summed E-state index contributed by atoms with van der Waals surface area (Å²) in [6.07, 6.45) is 2.26. The molecule has 4 heteroatoms. The van der Waals surface area contributed by atoms with Crippen molar-refractivity contribution in [2.75, 3.05) is 0 Å². The smallest absolute Gasteiger partial charge is 0.339 e. The van der Waals surface area contributed by atoms with E-state index in [9.17, 15) is 9.90 Å². The SMILES string of the molecule is Cc1c(C(=O)O)c(Cl)c(C(C)C)n1C1CC1. The van der Waals surface area contributed by atoms with Gasteiger partial charge in [-0.1, -0.05) is 25.4 Å². The molecular formula is C12H16ClNO2. The standard InChI is InChI=1S/C12H16ClNO2/c1-6(2)11-10(13)9(12(15)16)7(3)14(11)8-4-5-8/h6,8H,4-5H2,1-3H3,(H,15,16). The van der Waals surface area contributed by atoms with Crippen LogP contribution in [0.15, 0.2) is 0 Å². The van der Waals surface area contributed by atoms with Crippen LogP contribution in [0.5, 0.6) is 0 Å². The maximum atomic E-state index is 11.2. The van der Waals surface area contributed by atoms with E-state index < -0.39 is 5.97 Å². The molecule has 88 valence electrons. The molecular weight excluding hydrogens is 226 g/mol. The first-order chi connectivity index (χ1) is 7.45. The molecule has 1 aromatic heterocycles. The van der Waals surface area contributed by atoms with E-state index in [0.717, 1.165) is 24.2 Å². The maximum Gasteiger partial charge on any atom is 0.339 e. The van der Waals surface area contributed by atoms with E-state index >= 15 is 0 Å². The molecule has 1 aromatic rings. The Morgan fingerprint density at radius 3 is 2.44 bits per heavy atom. The highest BCUT2D eigenvalue weighted by Crippen LogP contribution is 2.43. The fourth-order valence-corrected chi connectivity index (χ4v) is 2.80. The van der Waals surface area contributed by atoms with Crippen molar-refractivity contribution in [1.82, 2.24) is 4.57 Å². The summed E-state index contributed by atoms with van der Waals surface area (Å²) >= 11 is 6.19. The summed E-state index contributed by atoms with van der Waals surface area (Å²) in [7, 11) is 0. The van der Waals surface area contributed by atoms with Gasteiger partial charge in [0.2, 0.25) is 0 Å². The summed E-state index contributed by atoms with van der Waals surface area (Å²) in [5.74, 6) is -0.677. The van der Waals surface area contributed by atoms with Gasteiger partial charge < -0.3 is 9.67 Å². The van der Waals surface area contributed by atoms with Gasteiger partial charge in [-0.25, -0.2) is 4.79 Å². The Morgan fingerprint density at radius 2 is 2.06 bits per heavy atom. The van der Waals surface area contributed by atoms with Crippen LogP contribution in [0, 0.1) is 6.92 Å². The molecule has 1 aliphatic carbocycles. The molecule has 16 heavy (non-hydrogen) atoms. The molecule has 1 heterocycles. The summed E-state index contributed by atoms with van der Waals surface area (Å²) in [4.78, 5) is 11.2. The quantitative estimate of drug-likeness (QED) is 0.879. The summed E-state index contributed by atoms with van der Waals surface area (Å²) in [5, 5.41) is 9.59. The molecule has 1 aliphatic rings. The summed E-state index contributed by atoms with van der Waals surface area (Å²) < 4.78 is 2.12. The highest BCUT2D eigenvalue weighted by molar-refractivity contribution is 6.34. The Kier molecular flexibility index (Phi) is 2.74. The van der Waals surface area contributed by atoms with Crippen molar-refractivity contribution in [2.45, 2.75) is 45.6 Å². The molecule has 1 saturated carbocycles. The average molecular weight is 242 g/mol. The van der Waals surface area contributed by atoms with Gasteiger partial charge in [0, 0.05) is 17.4 Å². The number of carboxylic acids is 1. The Morgan fingerprint density at radius 1 is 1.50 bits per heavy atom. The minimum absolute atomic E-state index is 0.250. The van der Waals surface area contributed by atoms with E-state index in [-0.39, 0.29) is 11.5 Å². The van der Waals surface area contributed by atoms with Crippen molar-refractivity contribution in [3.8, 4) is 0 Å². The van der Waals surface area contributed by atoms with Gasteiger partial charge in [-0.3, -0.25) is 0 Å². The Hall–Kier alpha value is -0.960. The summed E-state index contributed by atoms with van der Waals surface area (Å²) in [6, 6.07) is 0.461. The molecule has 0 bridgehead atoms. The van der Waals surface area contributed by atoms with Crippen molar-refractivity contribution < 1.29 is 9.90 Å². The number of aromatic nitrogens is 1. The van der Waals surface area contributed by atoms with E-state index in [2.05, 4.69) is 4.57 Å². The largest absolute Gasteiger partial charge is 0.478 e. The monoisotopic (exact) mass is 241 g/mol. The first-order valence-electron chi connectivity index (χ1n) is 5.58. The number of carboxylic acid groups (broad SMARTS) is 1. The molecule has 0 unspecified atom stereocenters. The molecule has 2 rings (SSSR count). The van der Waals surface area contributed by atoms with Crippen LogP contribution in [0.2, 0.25) is 5.02 Å². The predicted octanol–water partition coefficient (Wildman–Crippen LogP) is 3.61. The van der Waals surface area contributed by atoms with Gasteiger partial charge in [0.15, 0.2) is 0 Å². The Bertz CT molecular complexity index is 419. The van der Waals surface area contributed by atoms with Crippen LogP contribution in [0.4, 0.5) is 0 Å². The zero-order valence-electron chi connectivity index (χ0n) is 9.75. The van der Waals surface area contributed by atoms with Gasteiger partial charge in [-0.15, -0.1) is 0 Å². The molecule has 0 aromatic carbocycles. The first kappa shape index (κ1) is 11.5. The molecule has 0 amide bonds. The van der Waals surface area contributed by atoms with E-state index in [0.29, 0.717) is 11.1 Å². The van der Waals surface area contributed by atoms with Crippen molar-refractivity contribution in [1.29, 1.82) is 0 Å². The number of rotatable bonds is 3. The van der Waals surface area contributed by atoms with Crippen LogP contribution in [0.3, 0.4) is 0 Å². The second kappa shape index (κ2) is 3.81. The van der Waals surface area contributed by atoms with Gasteiger partial charge >= 0.3 is 5.97 Å². The number of hydrogen-bond donors (Lipinski definition) is 1. The number of hydrogen-bond acceptors (Lipinski definition) is 1. The Balaban J connectivity index is 2.66. The molecule has 3 nitrogen and oxygen atoms in total. The van der Waals surface area contributed by atoms with Crippen molar-refractivity contribution in [3.05, 3.63) is 22.0 Å². The van der Waals surface area contributed by atoms with E-state index in [1.165, 1.54) is 0 Å². The number of aromatic carboxylic acids is 1. The maximum absolute atomic E-state index is 11.2. The van der Waals surface area contributed by atoms with E-state index in [1.807, 2.05) is 20.8 Å². The van der Waals surface area contributed by atoms with Crippen LogP contribution in [-0.2, 0) is 0 Å². The third-order valence-corrected chi connectivity index (χ3v) is 3.48. The van der Waals surface area contributed by atoms with Crippen LogP contribution in [-0.4, -0.2) is 15.6 Å². The highest BCUT2D eigenvalue weighted by atomic mass is 35.5. The topological polar surface area (TPSA) is 42.2 Å². The first-order valence-corrected chi connectivity index (χ1v) is 5.96. The average Bonchev–Trinajstić information content (AvgIpc) is 2.91. The fourth-order valence-electron chi connectivity index (χ4n) is 2.28. The number of carbonyl (C=O) groups is 1.